The number of hydrogen-bond donors (Lipinski definition) is 1. The zero-order valence-corrected chi connectivity index (χ0v) is 12.4. The van der Waals surface area contributed by atoms with E-state index in [1.54, 1.807) is 6.07 Å². The highest BCUT2D eigenvalue weighted by atomic mass is 32.1. The molecule has 0 amide bonds. The van der Waals surface area contributed by atoms with Crippen LogP contribution in [-0.4, -0.2) is 36.0 Å². The van der Waals surface area contributed by atoms with Crippen LogP contribution >= 0.6 is 11.3 Å². The second-order valence-electron chi connectivity index (χ2n) is 5.75. The molecule has 0 bridgehead atoms. The van der Waals surface area contributed by atoms with Crippen LogP contribution in [0.25, 0.3) is 0 Å². The van der Waals surface area contributed by atoms with Crippen LogP contribution in [0.15, 0.2) is 11.4 Å². The number of piperazine rings is 1. The maximum Gasteiger partial charge on any atom is 0.324 e. The minimum Gasteiger partial charge on any atom is -0.314 e. The molecule has 1 aliphatic carbocycles. The second-order valence-corrected chi connectivity index (χ2v) is 6.64. The van der Waals surface area contributed by atoms with Crippen molar-refractivity contribution in [2.24, 2.45) is 5.92 Å². The van der Waals surface area contributed by atoms with E-state index in [-0.39, 0.29) is 9.92 Å². The predicted octanol–water partition coefficient (Wildman–Crippen LogP) is 2.79. The van der Waals surface area contributed by atoms with Crippen molar-refractivity contribution < 1.29 is 4.92 Å². The number of thiophene rings is 1. The van der Waals surface area contributed by atoms with Gasteiger partial charge in [-0.2, -0.15) is 0 Å². The van der Waals surface area contributed by atoms with Crippen LogP contribution in [0.3, 0.4) is 0 Å². The average Bonchev–Trinajstić information content (AvgIpc) is 3.12. The summed E-state index contributed by atoms with van der Waals surface area (Å²) in [4.78, 5) is 13.2. The quantitative estimate of drug-likeness (QED) is 0.685. The molecular formula is C14H21N3O2S. The van der Waals surface area contributed by atoms with E-state index < -0.39 is 0 Å². The molecule has 1 saturated heterocycles. The van der Waals surface area contributed by atoms with E-state index in [1.807, 2.05) is 5.38 Å². The number of nitrogens with one attached hydrogen (secondary N) is 1. The van der Waals surface area contributed by atoms with Gasteiger partial charge in [-0.1, -0.05) is 24.2 Å². The molecule has 0 unspecified atom stereocenters. The number of nitro groups is 1. The normalized spacial score (nSPS) is 23.0. The molecule has 2 heterocycles. The van der Waals surface area contributed by atoms with Crippen LogP contribution in [0.4, 0.5) is 5.00 Å². The van der Waals surface area contributed by atoms with Gasteiger partial charge in [0, 0.05) is 43.7 Å². The van der Waals surface area contributed by atoms with Gasteiger partial charge in [0.05, 0.1) is 4.92 Å². The Bertz CT molecular complexity index is 465. The maximum absolute atomic E-state index is 10.9. The molecule has 20 heavy (non-hydrogen) atoms. The van der Waals surface area contributed by atoms with Gasteiger partial charge in [-0.15, -0.1) is 0 Å². The van der Waals surface area contributed by atoms with Gasteiger partial charge in [0.2, 0.25) is 0 Å². The summed E-state index contributed by atoms with van der Waals surface area (Å²) in [5.74, 6) is 0.669. The smallest absolute Gasteiger partial charge is 0.314 e. The first-order chi connectivity index (χ1) is 9.75. The molecule has 2 fully saturated rings. The molecule has 2 aliphatic rings. The molecule has 0 spiro atoms. The van der Waals surface area contributed by atoms with Gasteiger partial charge in [0.1, 0.15) is 0 Å². The molecule has 1 atom stereocenters. The van der Waals surface area contributed by atoms with Crippen molar-refractivity contribution in [2.45, 2.75) is 31.7 Å². The highest BCUT2D eigenvalue weighted by molar-refractivity contribution is 7.13. The zero-order valence-electron chi connectivity index (χ0n) is 11.6. The van der Waals surface area contributed by atoms with E-state index in [9.17, 15) is 10.1 Å². The van der Waals surface area contributed by atoms with E-state index >= 15 is 0 Å². The fourth-order valence-corrected chi connectivity index (χ4v) is 4.36. The third-order valence-electron chi connectivity index (χ3n) is 4.52. The van der Waals surface area contributed by atoms with Crippen molar-refractivity contribution in [2.75, 3.05) is 26.2 Å². The Morgan fingerprint density at radius 3 is 2.65 bits per heavy atom. The monoisotopic (exact) mass is 295 g/mol. The molecule has 1 aromatic heterocycles. The van der Waals surface area contributed by atoms with Crippen molar-refractivity contribution >= 4 is 16.3 Å². The Hall–Kier alpha value is -0.980. The third kappa shape index (κ3) is 2.87. The van der Waals surface area contributed by atoms with Crippen LogP contribution < -0.4 is 5.32 Å². The molecule has 110 valence electrons. The third-order valence-corrected chi connectivity index (χ3v) is 5.42. The molecule has 1 saturated carbocycles. The number of rotatable bonds is 4. The van der Waals surface area contributed by atoms with Crippen molar-refractivity contribution in [3.8, 4) is 0 Å². The fraction of sp³-hybridized carbons (Fsp3) is 0.714. The molecule has 1 aromatic rings. The molecular weight excluding hydrogens is 274 g/mol. The highest BCUT2D eigenvalue weighted by Gasteiger charge is 2.33. The Labute approximate surface area is 123 Å². The molecule has 6 heteroatoms. The Morgan fingerprint density at radius 2 is 2.05 bits per heavy atom. The van der Waals surface area contributed by atoms with Crippen molar-refractivity contribution in [3.05, 3.63) is 27.1 Å². The summed E-state index contributed by atoms with van der Waals surface area (Å²) in [6.07, 6.45) is 5.13. The second kappa shape index (κ2) is 6.20. The van der Waals surface area contributed by atoms with Gasteiger partial charge in [-0.05, 0) is 24.3 Å². The highest BCUT2D eigenvalue weighted by Crippen LogP contribution is 2.41. The molecule has 1 aliphatic heterocycles. The van der Waals surface area contributed by atoms with Crippen molar-refractivity contribution in [3.63, 3.8) is 0 Å². The summed E-state index contributed by atoms with van der Waals surface area (Å²) in [6.45, 7) is 4.14. The lowest BCUT2D eigenvalue weighted by molar-refractivity contribution is -0.380. The maximum atomic E-state index is 10.9. The Kier molecular flexibility index (Phi) is 4.33. The number of nitrogens with zero attached hydrogens (tertiary/aromatic N) is 2. The molecule has 3 rings (SSSR count). The molecule has 0 radical (unpaired) electrons. The topological polar surface area (TPSA) is 58.4 Å². The average molecular weight is 295 g/mol. The van der Waals surface area contributed by atoms with Crippen molar-refractivity contribution in [1.82, 2.24) is 10.2 Å². The predicted molar refractivity (Wildman–Crippen MR) is 80.1 cm³/mol. The first-order valence-electron chi connectivity index (χ1n) is 7.43. The Balaban J connectivity index is 1.84. The Morgan fingerprint density at radius 1 is 1.35 bits per heavy atom. The summed E-state index contributed by atoms with van der Waals surface area (Å²) in [5, 5.41) is 16.6. The van der Waals surface area contributed by atoms with E-state index in [4.69, 9.17) is 0 Å². The largest absolute Gasteiger partial charge is 0.324 e. The van der Waals surface area contributed by atoms with E-state index in [2.05, 4.69) is 10.2 Å². The number of hydrogen-bond acceptors (Lipinski definition) is 5. The first kappa shape index (κ1) is 14.0. The van der Waals surface area contributed by atoms with Gasteiger partial charge in [0.25, 0.3) is 0 Å². The summed E-state index contributed by atoms with van der Waals surface area (Å²) in [6, 6.07) is 2.18. The minimum atomic E-state index is -0.266. The van der Waals surface area contributed by atoms with Crippen LogP contribution in [0.2, 0.25) is 0 Å². The molecule has 0 aromatic carbocycles. The lowest BCUT2D eigenvalue weighted by Gasteiger charge is -2.38. The van der Waals surface area contributed by atoms with Gasteiger partial charge in [-0.3, -0.25) is 15.0 Å². The first-order valence-corrected chi connectivity index (χ1v) is 8.31. The van der Waals surface area contributed by atoms with Gasteiger partial charge >= 0.3 is 5.00 Å². The van der Waals surface area contributed by atoms with E-state index in [0.29, 0.717) is 12.0 Å². The van der Waals surface area contributed by atoms with Gasteiger partial charge in [0.15, 0.2) is 0 Å². The van der Waals surface area contributed by atoms with Crippen LogP contribution in [0, 0.1) is 16.0 Å². The fourth-order valence-electron chi connectivity index (χ4n) is 3.60. The standard InChI is InChI=1S/C14H21N3O2S/c18-17(19)13-9-12(10-20-13)14(11-3-1-2-4-11)16-7-5-15-6-8-16/h9-11,14-15H,1-8H2/t14-/m0/s1. The van der Waals surface area contributed by atoms with E-state index in [0.717, 1.165) is 31.7 Å². The summed E-state index contributed by atoms with van der Waals surface area (Å²) >= 11 is 1.27. The zero-order chi connectivity index (χ0) is 13.9. The summed E-state index contributed by atoms with van der Waals surface area (Å²) in [5.41, 5.74) is 1.16. The van der Waals surface area contributed by atoms with Crippen molar-refractivity contribution in [1.29, 1.82) is 0 Å². The van der Waals surface area contributed by atoms with Crippen LogP contribution in [0.5, 0.6) is 0 Å². The van der Waals surface area contributed by atoms with Crippen LogP contribution in [0.1, 0.15) is 37.3 Å². The SMILES string of the molecule is O=[N+]([O-])c1cc([C@H](C2CCCC2)N2CCNCC2)cs1. The summed E-state index contributed by atoms with van der Waals surface area (Å²) < 4.78 is 0. The minimum absolute atomic E-state index is 0.266. The molecule has 1 N–H and O–H groups in total. The lowest BCUT2D eigenvalue weighted by atomic mass is 9.91. The van der Waals surface area contributed by atoms with Gasteiger partial charge < -0.3 is 5.32 Å². The summed E-state index contributed by atoms with van der Waals surface area (Å²) in [7, 11) is 0. The van der Waals surface area contributed by atoms with Crippen LogP contribution in [-0.2, 0) is 0 Å². The lowest BCUT2D eigenvalue weighted by Crippen LogP contribution is -2.46. The molecule has 5 nitrogen and oxygen atoms in total. The van der Waals surface area contributed by atoms with Gasteiger partial charge in [-0.25, -0.2) is 0 Å². The van der Waals surface area contributed by atoms with E-state index in [1.165, 1.54) is 37.0 Å².